The van der Waals surface area contributed by atoms with Gasteiger partial charge in [-0.3, -0.25) is 9.13 Å². The Hall–Kier alpha value is -7.93. The van der Waals surface area contributed by atoms with Crippen LogP contribution in [0.1, 0.15) is 169 Å². The van der Waals surface area contributed by atoms with Gasteiger partial charge in [-0.15, -0.1) is 0 Å². The van der Waals surface area contributed by atoms with Crippen molar-refractivity contribution in [2.45, 2.75) is 157 Å². The van der Waals surface area contributed by atoms with Crippen LogP contribution in [0.2, 0.25) is 0 Å². The minimum Gasteiger partial charge on any atom is -0.305 e. The minimum absolute atomic E-state index is 0.0935. The molecule has 11 aromatic rings. The first kappa shape index (κ1) is 53.1. The summed E-state index contributed by atoms with van der Waals surface area (Å²) in [5.74, 6) is 1.41. The van der Waals surface area contributed by atoms with E-state index in [2.05, 4.69) is 266 Å². The number of fused-ring (bicyclic) bond motifs is 9. The van der Waals surface area contributed by atoms with Gasteiger partial charge in [0.25, 0.3) is 0 Å². The number of hydrogen-bond acceptors (Lipinski definition) is 3. The average molecular weight is 1040 g/mol. The van der Waals surface area contributed by atoms with Crippen molar-refractivity contribution in [1.29, 1.82) is 10.5 Å². The lowest BCUT2D eigenvalue weighted by Gasteiger charge is -2.24. The molecular weight excluding hydrogens is 961 g/mol. The van der Waals surface area contributed by atoms with Gasteiger partial charge in [0.1, 0.15) is 18.0 Å². The summed E-state index contributed by atoms with van der Waals surface area (Å²) in [5.41, 5.74) is 15.9. The van der Waals surface area contributed by atoms with E-state index in [0.29, 0.717) is 28.3 Å². The van der Waals surface area contributed by atoms with Gasteiger partial charge < -0.3 is 4.57 Å². The Kier molecular flexibility index (Phi) is 12.0. The molecule has 0 radical (unpaired) electrons. The second-order valence-corrected chi connectivity index (χ2v) is 28.5. The summed E-state index contributed by atoms with van der Waals surface area (Å²) in [4.78, 5) is 6.17. The fraction of sp³-hybridized carbons (Fsp3) is 0.329. The van der Waals surface area contributed by atoms with Gasteiger partial charge in [0.05, 0.1) is 49.9 Å². The topological polar surface area (TPSA) is 75.3 Å². The molecule has 0 fully saturated rings. The third-order valence-corrected chi connectivity index (χ3v) is 16.7. The molecular formula is C73H76N6. The molecule has 6 nitrogen and oxygen atoms in total. The molecule has 0 bridgehead atoms. The summed E-state index contributed by atoms with van der Waals surface area (Å²) in [7, 11) is 0. The molecule has 0 atom stereocenters. The van der Waals surface area contributed by atoms with Gasteiger partial charge in [0.15, 0.2) is 5.82 Å². The first-order valence-electron chi connectivity index (χ1n) is 28.2. The number of nitriles is 2. The second-order valence-electron chi connectivity index (χ2n) is 28.5. The van der Waals surface area contributed by atoms with Crippen molar-refractivity contribution in [3.63, 3.8) is 0 Å². The van der Waals surface area contributed by atoms with Gasteiger partial charge in [-0.25, -0.2) is 4.98 Å². The Morgan fingerprint density at radius 2 is 0.633 bits per heavy atom. The van der Waals surface area contributed by atoms with Crippen LogP contribution in [-0.4, -0.2) is 18.7 Å². The summed E-state index contributed by atoms with van der Waals surface area (Å²) < 4.78 is 7.13. The SMILES string of the molecule is CC(C)(C)c1ccc2c(c1)c1cc(C(C)(C)C)ccc1n2-c1cc(-c2cccc(C#N)c2C#N)c(-n2c3ccc(C(C)(C)C)cc3c3cc(C(C)(C)C)ccc32)c(-n2c3ccc(C(C)(C)C)cc3c3cc(C(C)(C)C)ccc32)n1. The summed E-state index contributed by atoms with van der Waals surface area (Å²) in [5, 5.41) is 29.1. The Labute approximate surface area is 468 Å². The molecule has 0 spiro atoms. The van der Waals surface area contributed by atoms with Gasteiger partial charge >= 0.3 is 0 Å². The molecule has 0 aliphatic carbocycles. The molecule has 4 heterocycles. The Morgan fingerprint density at radius 1 is 0.329 bits per heavy atom. The highest BCUT2D eigenvalue weighted by molar-refractivity contribution is 6.14. The zero-order valence-corrected chi connectivity index (χ0v) is 49.9. The lowest BCUT2D eigenvalue weighted by Crippen LogP contribution is -2.13. The average Bonchev–Trinajstić information content (AvgIpc) is 2.80. The maximum atomic E-state index is 11.4. The lowest BCUT2D eigenvalue weighted by atomic mass is 9.85. The normalized spacial score (nSPS) is 13.2. The molecule has 0 unspecified atom stereocenters. The van der Waals surface area contributed by atoms with Crippen molar-refractivity contribution in [3.8, 4) is 40.6 Å². The molecule has 6 heteroatoms. The highest BCUT2D eigenvalue weighted by Crippen LogP contribution is 2.47. The van der Waals surface area contributed by atoms with Crippen LogP contribution in [-0.2, 0) is 32.5 Å². The van der Waals surface area contributed by atoms with Crippen LogP contribution < -0.4 is 0 Å². The minimum atomic E-state index is -0.117. The molecule has 0 N–H and O–H groups in total. The van der Waals surface area contributed by atoms with E-state index in [-0.39, 0.29) is 32.5 Å². The second kappa shape index (κ2) is 17.8. The number of rotatable bonds is 4. The van der Waals surface area contributed by atoms with Crippen LogP contribution in [0.4, 0.5) is 0 Å². The molecule has 0 amide bonds. The fourth-order valence-electron chi connectivity index (χ4n) is 11.8. The zero-order valence-electron chi connectivity index (χ0n) is 49.9. The monoisotopic (exact) mass is 1040 g/mol. The third-order valence-electron chi connectivity index (χ3n) is 16.7. The van der Waals surface area contributed by atoms with Crippen LogP contribution in [0.5, 0.6) is 0 Å². The lowest BCUT2D eigenvalue weighted by molar-refractivity contribution is 0.590. The number of pyridine rings is 1. The maximum absolute atomic E-state index is 11.4. The first-order valence-corrected chi connectivity index (χ1v) is 28.2. The van der Waals surface area contributed by atoms with Crippen LogP contribution in [0.25, 0.3) is 93.9 Å². The van der Waals surface area contributed by atoms with E-state index in [1.807, 2.05) is 12.1 Å². The summed E-state index contributed by atoms with van der Waals surface area (Å²) >= 11 is 0. The van der Waals surface area contributed by atoms with Crippen LogP contribution in [0.15, 0.2) is 133 Å². The predicted molar refractivity (Wildman–Crippen MR) is 334 cm³/mol. The Bertz CT molecular complexity index is 4220. The fourth-order valence-corrected chi connectivity index (χ4v) is 11.8. The van der Waals surface area contributed by atoms with Crippen molar-refractivity contribution in [2.24, 2.45) is 0 Å². The molecule has 0 saturated carbocycles. The molecule has 11 rings (SSSR count). The standard InChI is InChI=1S/C73H76N6/c1-68(2,3)44-22-28-59-51(34-44)52-35-45(69(4,5)6)23-29-60(52)77(59)65-40-57(50-21-19-20-43(41-74)58(50)42-75)66(78-61-30-24-46(70(7,8)9)36-53(61)54-37-47(71(10,11)12)25-31-62(54)78)67(76-65)79-63-32-26-48(72(13,14)15)38-55(63)56-39-49(73(16,17)18)27-33-64(56)79/h19-40H,1-18H3. The highest BCUT2D eigenvalue weighted by Gasteiger charge is 2.31. The van der Waals surface area contributed by atoms with Gasteiger partial charge in [-0.05, 0) is 151 Å². The quantitative estimate of drug-likeness (QED) is 0.176. The van der Waals surface area contributed by atoms with E-state index in [1.54, 1.807) is 6.07 Å². The number of hydrogen-bond donors (Lipinski definition) is 0. The molecule has 0 saturated heterocycles. The van der Waals surface area contributed by atoms with Gasteiger partial charge in [0, 0.05) is 43.4 Å². The number of nitrogens with zero attached hydrogens (tertiary/aromatic N) is 6. The maximum Gasteiger partial charge on any atom is 0.165 e. The van der Waals surface area contributed by atoms with Crippen LogP contribution in [0.3, 0.4) is 0 Å². The first-order chi connectivity index (χ1) is 36.9. The van der Waals surface area contributed by atoms with Gasteiger partial charge in [-0.2, -0.15) is 10.5 Å². The van der Waals surface area contributed by atoms with Crippen molar-refractivity contribution in [3.05, 3.63) is 178 Å². The summed E-state index contributed by atoms with van der Waals surface area (Å²) in [6.07, 6.45) is 0. The molecule has 398 valence electrons. The zero-order chi connectivity index (χ0) is 56.8. The summed E-state index contributed by atoms with van der Waals surface area (Å²) in [6, 6.07) is 54.5. The van der Waals surface area contributed by atoms with E-state index in [0.717, 1.165) is 76.7 Å². The van der Waals surface area contributed by atoms with E-state index >= 15 is 0 Å². The number of benzene rings is 7. The largest absolute Gasteiger partial charge is 0.305 e. The number of aromatic nitrogens is 4. The van der Waals surface area contributed by atoms with E-state index in [4.69, 9.17) is 4.98 Å². The molecule has 79 heavy (non-hydrogen) atoms. The van der Waals surface area contributed by atoms with Crippen molar-refractivity contribution < 1.29 is 0 Å². The smallest absolute Gasteiger partial charge is 0.165 e. The predicted octanol–water partition coefficient (Wildman–Crippen LogP) is 19.6. The van der Waals surface area contributed by atoms with E-state index < -0.39 is 0 Å². The van der Waals surface area contributed by atoms with Crippen molar-refractivity contribution >= 4 is 65.4 Å². The Morgan fingerprint density at radius 3 is 0.924 bits per heavy atom. The van der Waals surface area contributed by atoms with Crippen LogP contribution in [0, 0.1) is 22.7 Å². The molecule has 0 aliphatic heterocycles. The van der Waals surface area contributed by atoms with Gasteiger partial charge in [0.2, 0.25) is 0 Å². The highest BCUT2D eigenvalue weighted by atomic mass is 15.2. The summed E-state index contributed by atoms with van der Waals surface area (Å²) in [6.45, 7) is 41.0. The third kappa shape index (κ3) is 8.80. The Balaban J connectivity index is 1.43. The van der Waals surface area contributed by atoms with E-state index in [9.17, 15) is 10.5 Å². The molecule has 7 aromatic carbocycles. The van der Waals surface area contributed by atoms with Gasteiger partial charge in [-0.1, -0.05) is 173 Å². The van der Waals surface area contributed by atoms with Crippen molar-refractivity contribution in [2.75, 3.05) is 0 Å². The molecule has 4 aromatic heterocycles. The van der Waals surface area contributed by atoms with E-state index in [1.165, 1.54) is 33.4 Å². The van der Waals surface area contributed by atoms with Crippen molar-refractivity contribution in [1.82, 2.24) is 18.7 Å². The molecule has 0 aliphatic rings. The van der Waals surface area contributed by atoms with Crippen LogP contribution >= 0.6 is 0 Å².